The molecule has 19 heavy (non-hydrogen) atoms. The van der Waals surface area contributed by atoms with Gasteiger partial charge in [0.25, 0.3) is 0 Å². The molecule has 0 saturated carbocycles. The van der Waals surface area contributed by atoms with E-state index in [1.807, 2.05) is 12.1 Å². The number of halogens is 1. The lowest BCUT2D eigenvalue weighted by atomic mass is 9.99. The highest BCUT2D eigenvalue weighted by atomic mass is 79.9. The third-order valence-corrected chi connectivity index (χ3v) is 4.53. The maximum absolute atomic E-state index is 5.62. The molecule has 0 saturated heterocycles. The Hall–Kier alpha value is -1.19. The molecule has 0 radical (unpaired) electrons. The van der Waals surface area contributed by atoms with Crippen molar-refractivity contribution in [3.8, 4) is 0 Å². The largest absolute Gasteiger partial charge is 0.358 e. The summed E-state index contributed by atoms with van der Waals surface area (Å²) in [6.45, 7) is 1.93. The van der Waals surface area contributed by atoms with Crippen LogP contribution in [0.3, 0.4) is 0 Å². The first-order valence-corrected chi connectivity index (χ1v) is 7.56. The van der Waals surface area contributed by atoms with Crippen molar-refractivity contribution in [2.24, 2.45) is 0 Å². The molecule has 0 aliphatic carbocycles. The highest BCUT2D eigenvalue weighted by Crippen LogP contribution is 2.21. The fourth-order valence-corrected chi connectivity index (χ4v) is 3.00. The number of nitrogens with zero attached hydrogens (tertiary/aromatic N) is 1. The molecule has 3 heteroatoms. The molecule has 1 aliphatic rings. The average molecular weight is 332 g/mol. The molecule has 1 nitrogen and oxygen atoms in total. The van der Waals surface area contributed by atoms with Crippen LogP contribution in [0.15, 0.2) is 53.0 Å². The minimum Gasteiger partial charge on any atom is -0.358 e. The van der Waals surface area contributed by atoms with Gasteiger partial charge in [0.1, 0.15) is 4.99 Å². The first kappa shape index (κ1) is 12.8. The summed E-state index contributed by atoms with van der Waals surface area (Å²) in [7, 11) is 0. The van der Waals surface area contributed by atoms with E-state index in [9.17, 15) is 0 Å². The second kappa shape index (κ2) is 5.43. The normalized spacial score (nSPS) is 14.1. The highest BCUT2D eigenvalue weighted by Gasteiger charge is 2.18. The molecule has 0 atom stereocenters. The molecule has 0 fully saturated rings. The molecule has 1 aliphatic heterocycles. The smallest absolute Gasteiger partial charge is 0.109 e. The minimum absolute atomic E-state index is 0.922. The van der Waals surface area contributed by atoms with Gasteiger partial charge in [-0.2, -0.15) is 0 Å². The monoisotopic (exact) mass is 331 g/mol. The third-order valence-electron chi connectivity index (χ3n) is 3.51. The second-order valence-corrected chi connectivity index (χ2v) is 6.05. The summed E-state index contributed by atoms with van der Waals surface area (Å²) in [5.74, 6) is 0. The predicted octanol–water partition coefficient (Wildman–Crippen LogP) is 4.18. The summed E-state index contributed by atoms with van der Waals surface area (Å²) in [5, 5.41) is 0. The van der Waals surface area contributed by atoms with Gasteiger partial charge in [-0.3, -0.25) is 0 Å². The topological polar surface area (TPSA) is 3.24 Å². The Kier molecular flexibility index (Phi) is 3.67. The Morgan fingerprint density at radius 3 is 2.42 bits per heavy atom. The van der Waals surface area contributed by atoms with Gasteiger partial charge in [-0.1, -0.05) is 64.5 Å². The van der Waals surface area contributed by atoms with Crippen molar-refractivity contribution in [1.82, 2.24) is 4.90 Å². The van der Waals surface area contributed by atoms with E-state index in [2.05, 4.69) is 57.2 Å². The molecule has 0 unspecified atom stereocenters. The Morgan fingerprint density at radius 1 is 1.00 bits per heavy atom. The van der Waals surface area contributed by atoms with E-state index in [0.29, 0.717) is 0 Å². The second-order valence-electron chi connectivity index (χ2n) is 4.75. The van der Waals surface area contributed by atoms with Crippen LogP contribution in [-0.2, 0) is 13.0 Å². The van der Waals surface area contributed by atoms with Crippen molar-refractivity contribution in [2.45, 2.75) is 13.0 Å². The molecule has 0 amide bonds. The zero-order chi connectivity index (χ0) is 13.2. The van der Waals surface area contributed by atoms with Crippen LogP contribution in [0.1, 0.15) is 16.7 Å². The Balaban J connectivity index is 1.81. The summed E-state index contributed by atoms with van der Waals surface area (Å²) in [5.41, 5.74) is 3.98. The van der Waals surface area contributed by atoms with Crippen LogP contribution in [0.2, 0.25) is 0 Å². The zero-order valence-electron chi connectivity index (χ0n) is 10.5. The SMILES string of the molecule is S=C(c1ccc(Br)cc1)N1CCc2ccccc2C1. The van der Waals surface area contributed by atoms with Gasteiger partial charge in [-0.05, 0) is 29.7 Å². The third kappa shape index (κ3) is 2.72. The highest BCUT2D eigenvalue weighted by molar-refractivity contribution is 9.10. The van der Waals surface area contributed by atoms with Crippen molar-refractivity contribution in [3.63, 3.8) is 0 Å². The molecule has 0 bridgehead atoms. The molecule has 1 heterocycles. The fourth-order valence-electron chi connectivity index (χ4n) is 2.44. The molecular formula is C16H14BrNS. The van der Waals surface area contributed by atoms with Crippen molar-refractivity contribution in [1.29, 1.82) is 0 Å². The van der Waals surface area contributed by atoms with E-state index in [4.69, 9.17) is 12.2 Å². The predicted molar refractivity (Wildman–Crippen MR) is 86.4 cm³/mol. The van der Waals surface area contributed by atoms with Gasteiger partial charge >= 0.3 is 0 Å². The molecule has 2 aromatic carbocycles. The first-order chi connectivity index (χ1) is 9.24. The van der Waals surface area contributed by atoms with E-state index in [1.165, 1.54) is 11.1 Å². The lowest BCUT2D eigenvalue weighted by molar-refractivity contribution is 0.401. The quantitative estimate of drug-likeness (QED) is 0.721. The first-order valence-electron chi connectivity index (χ1n) is 6.35. The molecule has 0 N–H and O–H groups in total. The van der Waals surface area contributed by atoms with Crippen LogP contribution in [0.25, 0.3) is 0 Å². The standard InChI is InChI=1S/C16H14BrNS/c17-15-7-5-13(6-8-15)16(19)18-10-9-12-3-1-2-4-14(12)11-18/h1-8H,9-11H2. The number of rotatable bonds is 1. The summed E-state index contributed by atoms with van der Waals surface area (Å²) in [6.07, 6.45) is 1.08. The molecule has 0 spiro atoms. The summed E-state index contributed by atoms with van der Waals surface area (Å²) >= 11 is 9.08. The van der Waals surface area contributed by atoms with Crippen LogP contribution in [-0.4, -0.2) is 16.4 Å². The molecular weight excluding hydrogens is 318 g/mol. The molecule has 2 aromatic rings. The van der Waals surface area contributed by atoms with Crippen LogP contribution in [0, 0.1) is 0 Å². The van der Waals surface area contributed by atoms with E-state index in [0.717, 1.165) is 34.5 Å². The van der Waals surface area contributed by atoms with Crippen LogP contribution < -0.4 is 0 Å². The van der Waals surface area contributed by atoms with E-state index in [1.54, 1.807) is 0 Å². The summed E-state index contributed by atoms with van der Waals surface area (Å²) < 4.78 is 1.09. The van der Waals surface area contributed by atoms with E-state index >= 15 is 0 Å². The van der Waals surface area contributed by atoms with Gasteiger partial charge in [0.2, 0.25) is 0 Å². The Bertz CT molecular complexity index is 606. The van der Waals surface area contributed by atoms with Crippen molar-refractivity contribution in [2.75, 3.05) is 6.54 Å². The van der Waals surface area contributed by atoms with Gasteiger partial charge < -0.3 is 4.90 Å². The van der Waals surface area contributed by atoms with E-state index < -0.39 is 0 Å². The van der Waals surface area contributed by atoms with Gasteiger partial charge in [0.15, 0.2) is 0 Å². The molecule has 3 rings (SSSR count). The van der Waals surface area contributed by atoms with E-state index in [-0.39, 0.29) is 0 Å². The minimum atomic E-state index is 0.922. The number of benzene rings is 2. The van der Waals surface area contributed by atoms with Crippen molar-refractivity contribution >= 4 is 33.1 Å². The van der Waals surface area contributed by atoms with Gasteiger partial charge in [-0.25, -0.2) is 0 Å². The lowest BCUT2D eigenvalue weighted by Crippen LogP contribution is -2.35. The van der Waals surface area contributed by atoms with Gasteiger partial charge in [-0.15, -0.1) is 0 Å². The number of fused-ring (bicyclic) bond motifs is 1. The van der Waals surface area contributed by atoms with Crippen molar-refractivity contribution in [3.05, 3.63) is 69.7 Å². The average Bonchev–Trinajstić information content (AvgIpc) is 2.47. The van der Waals surface area contributed by atoms with Gasteiger partial charge in [0.05, 0.1) is 0 Å². The number of thiocarbonyl (C=S) groups is 1. The Morgan fingerprint density at radius 2 is 1.68 bits per heavy atom. The molecule has 0 aromatic heterocycles. The fraction of sp³-hybridized carbons (Fsp3) is 0.188. The zero-order valence-corrected chi connectivity index (χ0v) is 12.9. The summed E-state index contributed by atoms with van der Waals surface area (Å²) in [6, 6.07) is 16.9. The molecule has 96 valence electrons. The lowest BCUT2D eigenvalue weighted by Gasteiger charge is -2.31. The maximum Gasteiger partial charge on any atom is 0.109 e. The maximum atomic E-state index is 5.62. The summed E-state index contributed by atoms with van der Waals surface area (Å²) in [4.78, 5) is 3.24. The Labute approximate surface area is 127 Å². The number of hydrogen-bond donors (Lipinski definition) is 0. The van der Waals surface area contributed by atoms with Crippen LogP contribution >= 0.6 is 28.1 Å². The number of hydrogen-bond acceptors (Lipinski definition) is 1. The van der Waals surface area contributed by atoms with Crippen molar-refractivity contribution < 1.29 is 0 Å². The van der Waals surface area contributed by atoms with Gasteiger partial charge in [0, 0.05) is 23.1 Å². The van der Waals surface area contributed by atoms with Crippen LogP contribution in [0.5, 0.6) is 0 Å². The van der Waals surface area contributed by atoms with Crippen LogP contribution in [0.4, 0.5) is 0 Å².